The van der Waals surface area contributed by atoms with Gasteiger partial charge in [0.1, 0.15) is 18.0 Å². The zero-order valence-electron chi connectivity index (χ0n) is 21.5. The quantitative estimate of drug-likeness (QED) is 0.206. The van der Waals surface area contributed by atoms with Gasteiger partial charge in [0.15, 0.2) is 11.5 Å². The number of ether oxygens (including phenoxy) is 2. The molecule has 0 fully saturated rings. The maximum Gasteiger partial charge on any atom is 0.263 e. The van der Waals surface area contributed by atoms with Crippen LogP contribution in [0.15, 0.2) is 94.4 Å². The van der Waals surface area contributed by atoms with Crippen molar-refractivity contribution >= 4 is 33.7 Å². The lowest BCUT2D eigenvalue weighted by atomic mass is 10.1. The number of rotatable bonds is 9. The second kappa shape index (κ2) is 11.7. The van der Waals surface area contributed by atoms with Crippen molar-refractivity contribution in [2.45, 2.75) is 20.1 Å². The summed E-state index contributed by atoms with van der Waals surface area (Å²) in [7, 11) is 1.57. The summed E-state index contributed by atoms with van der Waals surface area (Å²) in [6, 6.07) is 23.1. The van der Waals surface area contributed by atoms with Gasteiger partial charge in [0.2, 0.25) is 0 Å². The van der Waals surface area contributed by atoms with E-state index in [-0.39, 0.29) is 12.1 Å². The number of thiophene rings is 1. The Morgan fingerprint density at radius 2 is 1.87 bits per heavy atom. The van der Waals surface area contributed by atoms with E-state index in [0.29, 0.717) is 33.9 Å². The lowest BCUT2D eigenvalue weighted by molar-refractivity contribution is -0.121. The molecule has 0 radical (unpaired) electrons. The Labute approximate surface area is 229 Å². The highest BCUT2D eigenvalue weighted by atomic mass is 32.1. The van der Waals surface area contributed by atoms with Crippen LogP contribution >= 0.6 is 11.3 Å². The number of benzene rings is 3. The van der Waals surface area contributed by atoms with Gasteiger partial charge in [-0.25, -0.2) is 10.4 Å². The summed E-state index contributed by atoms with van der Waals surface area (Å²) in [4.78, 5) is 30.7. The largest absolute Gasteiger partial charge is 0.493 e. The molecule has 0 unspecified atom stereocenters. The third-order valence-electron chi connectivity index (χ3n) is 6.06. The predicted octanol–water partition coefficient (Wildman–Crippen LogP) is 5.17. The standard InChI is InChI=1S/C30H26N4O4S/c1-20-8-10-21(11-9-20)17-38-25-13-12-22(14-26(25)37-2)15-32-33-27(35)16-34-19-31-29-28(30(34)36)24(18-39-29)23-6-4-3-5-7-23/h3-15,18-19H,16-17H2,1-2H3,(H,33,35). The first kappa shape index (κ1) is 25.9. The van der Waals surface area contributed by atoms with E-state index in [1.807, 2.05) is 73.0 Å². The van der Waals surface area contributed by atoms with Gasteiger partial charge in [0, 0.05) is 10.9 Å². The molecular weight excluding hydrogens is 512 g/mol. The van der Waals surface area contributed by atoms with Gasteiger partial charge >= 0.3 is 0 Å². The summed E-state index contributed by atoms with van der Waals surface area (Å²) in [6.45, 7) is 2.25. The SMILES string of the molecule is COc1cc(C=NNC(=O)Cn2cnc3scc(-c4ccccc4)c3c2=O)ccc1OCc1ccc(C)cc1. The number of nitrogens with zero attached hydrogens (tertiary/aromatic N) is 3. The van der Waals surface area contributed by atoms with Crippen LogP contribution in [-0.4, -0.2) is 28.8 Å². The highest BCUT2D eigenvalue weighted by Crippen LogP contribution is 2.30. The van der Waals surface area contributed by atoms with Crippen LogP contribution in [-0.2, 0) is 17.9 Å². The van der Waals surface area contributed by atoms with Crippen LogP contribution in [0.1, 0.15) is 16.7 Å². The fourth-order valence-electron chi connectivity index (χ4n) is 4.01. The van der Waals surface area contributed by atoms with Gasteiger partial charge in [-0.3, -0.25) is 14.2 Å². The zero-order valence-corrected chi connectivity index (χ0v) is 22.3. The van der Waals surface area contributed by atoms with Gasteiger partial charge in [0.05, 0.1) is 25.0 Å². The fourth-order valence-corrected chi connectivity index (χ4v) is 4.91. The van der Waals surface area contributed by atoms with E-state index in [9.17, 15) is 9.59 Å². The number of fused-ring (bicyclic) bond motifs is 1. The number of aryl methyl sites for hydroxylation is 1. The van der Waals surface area contributed by atoms with Gasteiger partial charge in [-0.1, -0.05) is 60.2 Å². The highest BCUT2D eigenvalue weighted by molar-refractivity contribution is 7.17. The molecule has 196 valence electrons. The first-order valence-electron chi connectivity index (χ1n) is 12.2. The number of hydrogen-bond acceptors (Lipinski definition) is 7. The average Bonchev–Trinajstić information content (AvgIpc) is 3.40. The van der Waals surface area contributed by atoms with E-state index in [0.717, 1.165) is 16.7 Å². The normalized spacial score (nSPS) is 11.1. The average molecular weight is 539 g/mol. The molecule has 5 aromatic rings. The molecule has 0 atom stereocenters. The lowest BCUT2D eigenvalue weighted by Gasteiger charge is -2.11. The molecule has 9 heteroatoms. The fraction of sp³-hybridized carbons (Fsp3) is 0.133. The minimum Gasteiger partial charge on any atom is -0.493 e. The van der Waals surface area contributed by atoms with Crippen molar-refractivity contribution in [3.63, 3.8) is 0 Å². The number of nitrogens with one attached hydrogen (secondary N) is 1. The van der Waals surface area contributed by atoms with E-state index in [1.165, 1.54) is 34.0 Å². The Kier molecular flexibility index (Phi) is 7.79. The van der Waals surface area contributed by atoms with Crippen LogP contribution in [0.5, 0.6) is 11.5 Å². The van der Waals surface area contributed by atoms with Crippen molar-refractivity contribution in [3.05, 3.63) is 112 Å². The monoisotopic (exact) mass is 538 g/mol. The summed E-state index contributed by atoms with van der Waals surface area (Å²) in [6.07, 6.45) is 2.89. The zero-order chi connectivity index (χ0) is 27.2. The van der Waals surface area contributed by atoms with Crippen LogP contribution in [0.3, 0.4) is 0 Å². The number of amides is 1. The summed E-state index contributed by atoms with van der Waals surface area (Å²) in [5, 5.41) is 6.45. The van der Waals surface area contributed by atoms with E-state index in [4.69, 9.17) is 9.47 Å². The van der Waals surface area contributed by atoms with E-state index < -0.39 is 5.91 Å². The molecule has 8 nitrogen and oxygen atoms in total. The van der Waals surface area contributed by atoms with E-state index >= 15 is 0 Å². The van der Waals surface area contributed by atoms with Crippen LogP contribution in [0.4, 0.5) is 0 Å². The first-order chi connectivity index (χ1) is 19.0. The topological polar surface area (TPSA) is 94.8 Å². The summed E-state index contributed by atoms with van der Waals surface area (Å²) in [5.41, 5.74) is 6.89. The molecule has 0 aliphatic carbocycles. The minimum absolute atomic E-state index is 0.210. The third-order valence-corrected chi connectivity index (χ3v) is 6.95. The Morgan fingerprint density at radius 1 is 1.08 bits per heavy atom. The van der Waals surface area contributed by atoms with Gasteiger partial charge < -0.3 is 9.47 Å². The second-order valence-electron chi connectivity index (χ2n) is 8.85. The molecule has 0 saturated carbocycles. The number of hydrogen-bond donors (Lipinski definition) is 1. The van der Waals surface area contributed by atoms with Gasteiger partial charge in [0.25, 0.3) is 11.5 Å². The lowest BCUT2D eigenvalue weighted by Crippen LogP contribution is -2.30. The molecule has 0 spiro atoms. The van der Waals surface area contributed by atoms with Crippen molar-refractivity contribution < 1.29 is 14.3 Å². The van der Waals surface area contributed by atoms with E-state index in [1.54, 1.807) is 19.2 Å². The summed E-state index contributed by atoms with van der Waals surface area (Å²) in [5.74, 6) is 0.703. The maximum atomic E-state index is 13.2. The van der Waals surface area contributed by atoms with Gasteiger partial charge in [-0.2, -0.15) is 5.10 Å². The van der Waals surface area contributed by atoms with Crippen molar-refractivity contribution in [3.8, 4) is 22.6 Å². The maximum absolute atomic E-state index is 13.2. The Balaban J connectivity index is 1.23. The number of carbonyl (C=O) groups is 1. The number of methoxy groups -OCH3 is 1. The molecule has 0 aliphatic rings. The van der Waals surface area contributed by atoms with Gasteiger partial charge in [-0.15, -0.1) is 11.3 Å². The second-order valence-corrected chi connectivity index (χ2v) is 9.71. The van der Waals surface area contributed by atoms with Crippen LogP contribution < -0.4 is 20.5 Å². The molecule has 39 heavy (non-hydrogen) atoms. The smallest absolute Gasteiger partial charge is 0.263 e. The molecule has 0 aliphatic heterocycles. The van der Waals surface area contributed by atoms with Crippen molar-refractivity contribution in [2.24, 2.45) is 5.10 Å². The molecule has 0 saturated heterocycles. The van der Waals surface area contributed by atoms with E-state index in [2.05, 4.69) is 15.5 Å². The third kappa shape index (κ3) is 6.05. The molecule has 2 aromatic heterocycles. The van der Waals surface area contributed by atoms with Crippen LogP contribution in [0, 0.1) is 6.92 Å². The minimum atomic E-state index is -0.448. The summed E-state index contributed by atoms with van der Waals surface area (Å²) >= 11 is 1.40. The highest BCUT2D eigenvalue weighted by Gasteiger charge is 2.14. The van der Waals surface area contributed by atoms with Crippen molar-refractivity contribution in [1.82, 2.24) is 15.0 Å². The summed E-state index contributed by atoms with van der Waals surface area (Å²) < 4.78 is 12.7. The number of aromatic nitrogens is 2. The van der Waals surface area contributed by atoms with Crippen molar-refractivity contribution in [2.75, 3.05) is 7.11 Å². The van der Waals surface area contributed by atoms with Crippen molar-refractivity contribution in [1.29, 1.82) is 0 Å². The molecular formula is C30H26N4O4S. The molecule has 1 N–H and O–H groups in total. The molecule has 3 aromatic carbocycles. The Hall–Kier alpha value is -4.76. The molecule has 5 rings (SSSR count). The first-order valence-corrected chi connectivity index (χ1v) is 13.1. The predicted molar refractivity (Wildman–Crippen MR) is 154 cm³/mol. The Bertz CT molecular complexity index is 1690. The van der Waals surface area contributed by atoms with Crippen LogP contribution in [0.2, 0.25) is 0 Å². The molecule has 0 bridgehead atoms. The Morgan fingerprint density at radius 3 is 2.64 bits per heavy atom. The van der Waals surface area contributed by atoms with Crippen LogP contribution in [0.25, 0.3) is 21.3 Å². The number of hydrazone groups is 1. The van der Waals surface area contributed by atoms with Gasteiger partial charge in [-0.05, 0) is 41.8 Å². The molecule has 1 amide bonds. The molecule has 2 heterocycles. The number of carbonyl (C=O) groups excluding carboxylic acids is 1.